The lowest BCUT2D eigenvalue weighted by Gasteiger charge is -2.09. The summed E-state index contributed by atoms with van der Waals surface area (Å²) in [6.07, 6.45) is 0. The molecule has 0 spiro atoms. The van der Waals surface area contributed by atoms with Gasteiger partial charge in [-0.1, -0.05) is 12.1 Å². The van der Waals surface area contributed by atoms with Gasteiger partial charge in [0.25, 0.3) is 0 Å². The fraction of sp³-hybridized carbons (Fsp3) is 0.143. The number of methoxy groups -OCH3 is 2. The number of halogens is 2. The van der Waals surface area contributed by atoms with Crippen LogP contribution in [0.1, 0.15) is 0 Å². The van der Waals surface area contributed by atoms with E-state index >= 15 is 0 Å². The maximum absolute atomic E-state index is 13.9. The van der Waals surface area contributed by atoms with E-state index in [1.807, 2.05) is 0 Å². The van der Waals surface area contributed by atoms with Gasteiger partial charge in [-0.05, 0) is 17.7 Å². The Kier molecular flexibility index (Phi) is 3.46. The lowest BCUT2D eigenvalue weighted by Crippen LogP contribution is -1.93. The molecule has 0 atom stereocenters. The van der Waals surface area contributed by atoms with Gasteiger partial charge in [-0.2, -0.15) is 0 Å². The van der Waals surface area contributed by atoms with Crippen molar-refractivity contribution < 1.29 is 18.3 Å². The number of ether oxygens (including phenoxy) is 2. The van der Waals surface area contributed by atoms with E-state index < -0.39 is 11.6 Å². The minimum atomic E-state index is -0.667. The molecule has 94 valence electrons. The molecular weight excluding hydrogens is 238 g/mol. The Labute approximate surface area is 104 Å². The molecular formula is C14H12F2O2. The van der Waals surface area contributed by atoms with Crippen LogP contribution >= 0.6 is 0 Å². The Morgan fingerprint density at radius 1 is 0.833 bits per heavy atom. The smallest absolute Gasteiger partial charge is 0.137 e. The van der Waals surface area contributed by atoms with Crippen molar-refractivity contribution in [1.29, 1.82) is 0 Å². The molecule has 4 heteroatoms. The Hall–Kier alpha value is -2.10. The molecule has 0 amide bonds. The minimum Gasteiger partial charge on any atom is -0.497 e. The minimum absolute atomic E-state index is 0.0882. The first-order chi connectivity index (χ1) is 8.65. The quantitative estimate of drug-likeness (QED) is 0.827. The van der Waals surface area contributed by atoms with E-state index in [2.05, 4.69) is 0 Å². The summed E-state index contributed by atoms with van der Waals surface area (Å²) >= 11 is 0. The van der Waals surface area contributed by atoms with Crippen molar-refractivity contribution in [2.45, 2.75) is 0 Å². The summed E-state index contributed by atoms with van der Waals surface area (Å²) < 4.78 is 37.6. The molecule has 0 fully saturated rings. The van der Waals surface area contributed by atoms with Crippen molar-refractivity contribution in [3.8, 4) is 22.6 Å². The summed E-state index contributed by atoms with van der Waals surface area (Å²) in [7, 11) is 2.86. The van der Waals surface area contributed by atoms with Crippen LogP contribution in [0, 0.1) is 11.6 Å². The highest BCUT2D eigenvalue weighted by molar-refractivity contribution is 5.67. The first-order valence-corrected chi connectivity index (χ1v) is 5.33. The van der Waals surface area contributed by atoms with Gasteiger partial charge in [-0.3, -0.25) is 0 Å². The van der Waals surface area contributed by atoms with E-state index in [9.17, 15) is 8.78 Å². The highest BCUT2D eigenvalue weighted by Crippen LogP contribution is 2.31. The SMILES string of the molecule is COc1cccc(-c2c(F)cc(OC)cc2F)c1. The van der Waals surface area contributed by atoms with Crippen LogP contribution in [-0.2, 0) is 0 Å². The molecule has 2 aromatic rings. The summed E-state index contributed by atoms with van der Waals surface area (Å²) in [6, 6.07) is 8.89. The van der Waals surface area contributed by atoms with E-state index in [0.29, 0.717) is 11.3 Å². The molecule has 2 rings (SSSR count). The summed E-state index contributed by atoms with van der Waals surface area (Å²) in [5.74, 6) is -0.640. The molecule has 0 aliphatic carbocycles. The van der Waals surface area contributed by atoms with Crippen LogP contribution in [-0.4, -0.2) is 14.2 Å². The second-order valence-corrected chi connectivity index (χ2v) is 3.70. The van der Waals surface area contributed by atoms with E-state index in [0.717, 1.165) is 12.1 Å². The zero-order valence-corrected chi connectivity index (χ0v) is 10.0. The molecule has 0 heterocycles. The predicted molar refractivity (Wildman–Crippen MR) is 64.9 cm³/mol. The third-order valence-electron chi connectivity index (χ3n) is 2.61. The molecule has 0 aliphatic rings. The molecule has 0 N–H and O–H groups in total. The lowest BCUT2D eigenvalue weighted by atomic mass is 10.0. The van der Waals surface area contributed by atoms with Crippen molar-refractivity contribution in [3.63, 3.8) is 0 Å². The molecule has 0 aliphatic heterocycles. The van der Waals surface area contributed by atoms with Crippen molar-refractivity contribution in [2.24, 2.45) is 0 Å². The average Bonchev–Trinajstić information content (AvgIpc) is 2.38. The summed E-state index contributed by atoms with van der Waals surface area (Å²) in [5, 5.41) is 0. The maximum atomic E-state index is 13.9. The number of benzene rings is 2. The van der Waals surface area contributed by atoms with E-state index in [1.54, 1.807) is 24.3 Å². The molecule has 0 aromatic heterocycles. The monoisotopic (exact) mass is 250 g/mol. The molecule has 0 unspecified atom stereocenters. The standard InChI is InChI=1S/C14H12F2O2/c1-17-10-5-3-4-9(6-10)14-12(15)7-11(18-2)8-13(14)16/h3-8H,1-2H3. The molecule has 2 aromatic carbocycles. The predicted octanol–water partition coefficient (Wildman–Crippen LogP) is 3.65. The molecule has 0 saturated heterocycles. The maximum Gasteiger partial charge on any atom is 0.137 e. The highest BCUT2D eigenvalue weighted by Gasteiger charge is 2.14. The average molecular weight is 250 g/mol. The van der Waals surface area contributed by atoms with E-state index in [-0.39, 0.29) is 11.3 Å². The van der Waals surface area contributed by atoms with Crippen LogP contribution in [0.15, 0.2) is 36.4 Å². The summed E-state index contributed by atoms with van der Waals surface area (Å²) in [5.41, 5.74) is 0.335. The van der Waals surface area contributed by atoms with Crippen molar-refractivity contribution >= 4 is 0 Å². The van der Waals surface area contributed by atoms with Crippen LogP contribution in [0.2, 0.25) is 0 Å². The van der Waals surface area contributed by atoms with Gasteiger partial charge in [0.1, 0.15) is 23.1 Å². The molecule has 2 nitrogen and oxygen atoms in total. The Morgan fingerprint density at radius 2 is 1.44 bits per heavy atom. The van der Waals surface area contributed by atoms with Gasteiger partial charge in [0.2, 0.25) is 0 Å². The zero-order valence-electron chi connectivity index (χ0n) is 10.0. The third kappa shape index (κ3) is 2.27. The van der Waals surface area contributed by atoms with E-state index in [4.69, 9.17) is 9.47 Å². The van der Waals surface area contributed by atoms with E-state index in [1.165, 1.54) is 14.2 Å². The first-order valence-electron chi connectivity index (χ1n) is 5.33. The Bertz CT molecular complexity index is 544. The molecule has 0 radical (unpaired) electrons. The fourth-order valence-corrected chi connectivity index (χ4v) is 1.72. The number of hydrogen-bond donors (Lipinski definition) is 0. The number of rotatable bonds is 3. The number of hydrogen-bond acceptors (Lipinski definition) is 2. The summed E-state index contributed by atoms with van der Waals surface area (Å²) in [4.78, 5) is 0. The van der Waals surface area contributed by atoms with Gasteiger partial charge < -0.3 is 9.47 Å². The largest absolute Gasteiger partial charge is 0.497 e. The van der Waals surface area contributed by atoms with Gasteiger partial charge >= 0.3 is 0 Å². The molecule has 18 heavy (non-hydrogen) atoms. The normalized spacial score (nSPS) is 10.2. The Balaban J connectivity index is 2.56. The lowest BCUT2D eigenvalue weighted by molar-refractivity contribution is 0.407. The summed E-state index contributed by atoms with van der Waals surface area (Å²) in [6.45, 7) is 0. The van der Waals surface area contributed by atoms with Crippen LogP contribution in [0.25, 0.3) is 11.1 Å². The van der Waals surface area contributed by atoms with Crippen molar-refractivity contribution in [2.75, 3.05) is 14.2 Å². The molecule has 0 bridgehead atoms. The second-order valence-electron chi connectivity index (χ2n) is 3.70. The van der Waals surface area contributed by atoms with Crippen molar-refractivity contribution in [1.82, 2.24) is 0 Å². The van der Waals surface area contributed by atoms with Crippen molar-refractivity contribution in [3.05, 3.63) is 48.0 Å². The van der Waals surface area contributed by atoms with Crippen LogP contribution in [0.3, 0.4) is 0 Å². The van der Waals surface area contributed by atoms with Gasteiger partial charge in [0.15, 0.2) is 0 Å². The van der Waals surface area contributed by atoms with Crippen LogP contribution in [0.4, 0.5) is 8.78 Å². The van der Waals surface area contributed by atoms with Crippen LogP contribution in [0.5, 0.6) is 11.5 Å². The second kappa shape index (κ2) is 5.04. The zero-order chi connectivity index (χ0) is 13.1. The first kappa shape index (κ1) is 12.4. The van der Waals surface area contributed by atoms with Gasteiger partial charge in [0.05, 0.1) is 19.8 Å². The van der Waals surface area contributed by atoms with Gasteiger partial charge in [-0.15, -0.1) is 0 Å². The fourth-order valence-electron chi connectivity index (χ4n) is 1.72. The topological polar surface area (TPSA) is 18.5 Å². The van der Waals surface area contributed by atoms with Gasteiger partial charge in [0, 0.05) is 12.1 Å². The van der Waals surface area contributed by atoms with Crippen LogP contribution < -0.4 is 9.47 Å². The molecule has 0 saturated carbocycles. The van der Waals surface area contributed by atoms with Gasteiger partial charge in [-0.25, -0.2) is 8.78 Å². The Morgan fingerprint density at radius 3 is 2.00 bits per heavy atom. The third-order valence-corrected chi connectivity index (χ3v) is 2.61. The highest BCUT2D eigenvalue weighted by atomic mass is 19.1.